The number of hydrogen-bond donors (Lipinski definition) is 0. The number of pyridine rings is 2. The minimum absolute atomic E-state index is 0. The van der Waals surface area contributed by atoms with E-state index in [1.54, 1.807) is 12.1 Å². The van der Waals surface area contributed by atoms with Crippen LogP contribution in [-0.4, -0.2) is 9.97 Å². The molecule has 0 fully saturated rings. The first kappa shape index (κ1) is 26.1. The summed E-state index contributed by atoms with van der Waals surface area (Å²) in [6.07, 6.45) is 3.20. The second-order valence-electron chi connectivity index (χ2n) is 12.5. The molecule has 8 rings (SSSR count). The summed E-state index contributed by atoms with van der Waals surface area (Å²) in [5, 5.41) is 4.75. The molecule has 3 nitrogen and oxygen atoms in total. The third-order valence-electron chi connectivity index (χ3n) is 8.27. The van der Waals surface area contributed by atoms with Crippen LogP contribution in [0, 0.1) is 25.8 Å². The Bertz CT molecular complexity index is 2510. The Labute approximate surface area is 304 Å². The summed E-state index contributed by atoms with van der Waals surface area (Å²) in [7, 11) is 0. The zero-order chi connectivity index (χ0) is 37.5. The first-order valence-corrected chi connectivity index (χ1v) is 15.5. The van der Waals surface area contributed by atoms with Crippen molar-refractivity contribution in [3.05, 3.63) is 156 Å². The van der Waals surface area contributed by atoms with Gasteiger partial charge in [-0.1, -0.05) is 88.3 Å². The minimum Gasteiger partial charge on any atom is -0.456 e. The van der Waals surface area contributed by atoms with Crippen molar-refractivity contribution >= 4 is 32.7 Å². The number of rotatable bonds is 3. The topological polar surface area (TPSA) is 38.9 Å². The van der Waals surface area contributed by atoms with Crippen molar-refractivity contribution in [1.82, 2.24) is 9.97 Å². The molecule has 239 valence electrons. The van der Waals surface area contributed by atoms with Gasteiger partial charge in [-0.2, -0.15) is 0 Å². The van der Waals surface area contributed by atoms with Gasteiger partial charge in [-0.05, 0) is 69.3 Å². The fraction of sp³-hybridized carbons (Fsp3) is 0.136. The van der Waals surface area contributed by atoms with E-state index in [0.29, 0.717) is 11.3 Å². The number of fused-ring (bicyclic) bond motifs is 5. The van der Waals surface area contributed by atoms with Gasteiger partial charge in [-0.3, -0.25) is 0 Å². The molecule has 0 spiro atoms. The minimum atomic E-state index is -2.18. The van der Waals surface area contributed by atoms with Crippen molar-refractivity contribution in [2.75, 3.05) is 0 Å². The molecule has 0 N–H and O–H groups in total. The van der Waals surface area contributed by atoms with Crippen LogP contribution in [0.2, 0.25) is 0 Å². The molecule has 3 aromatic heterocycles. The van der Waals surface area contributed by atoms with Gasteiger partial charge in [0.2, 0.25) is 0 Å². The van der Waals surface area contributed by atoms with E-state index in [2.05, 4.69) is 110 Å². The maximum Gasteiger partial charge on any atom is 0.136 e. The Hall–Kier alpha value is -4.89. The molecule has 8 aromatic rings. The van der Waals surface area contributed by atoms with Gasteiger partial charge in [-0.25, -0.2) is 0 Å². The van der Waals surface area contributed by atoms with Crippen LogP contribution in [0.3, 0.4) is 0 Å². The van der Waals surface area contributed by atoms with Crippen LogP contribution in [0.4, 0.5) is 0 Å². The maximum absolute atomic E-state index is 7.28. The summed E-state index contributed by atoms with van der Waals surface area (Å²) in [4.78, 5) is 8.72. The van der Waals surface area contributed by atoms with Crippen LogP contribution in [0.25, 0.3) is 66.4 Å². The number of aromatic nitrogens is 2. The molecule has 0 amide bonds. The largest absolute Gasteiger partial charge is 0.456 e. The molecule has 0 saturated heterocycles. The standard InChI is InChI=1S/C31H24NO.C13H12N.Ir/c1-31(2,3)22-16-17-32-27(19-22)21-9-6-8-20(18-21)23-11-7-12-25-24(23)14-15-29-30(25)26-10-4-5-13-28(26)33-29;1-10-3-6-12(7-4-10)13-8-5-11(2)9-14-13;/h4-8,10-19H,1-3H3;3-6,8-9H,1-2H3;/q2*-1;/i;1D3,2D3;. The van der Waals surface area contributed by atoms with Gasteiger partial charge < -0.3 is 14.4 Å². The van der Waals surface area contributed by atoms with Crippen LogP contribution >= 0.6 is 0 Å². The summed E-state index contributed by atoms with van der Waals surface area (Å²) < 4.78 is 49.8. The molecule has 1 radical (unpaired) electrons. The quantitative estimate of drug-likeness (QED) is 0.167. The van der Waals surface area contributed by atoms with Gasteiger partial charge in [0.05, 0.1) is 0 Å². The van der Waals surface area contributed by atoms with Crippen LogP contribution in [0.1, 0.15) is 45.7 Å². The summed E-state index contributed by atoms with van der Waals surface area (Å²) in [5.74, 6) is 0. The molecule has 0 atom stereocenters. The zero-order valence-corrected chi connectivity index (χ0v) is 29.2. The number of para-hydroxylation sites is 1. The molecule has 3 heterocycles. The summed E-state index contributed by atoms with van der Waals surface area (Å²) in [5.41, 5.74) is 9.04. The Balaban J connectivity index is 0.000000205. The molecule has 0 unspecified atom stereocenters. The molecular formula is C44H36IrN2O-2. The number of aryl methyl sites for hydroxylation is 2. The van der Waals surface area contributed by atoms with E-state index in [-0.39, 0.29) is 36.6 Å². The van der Waals surface area contributed by atoms with E-state index in [4.69, 9.17) is 12.6 Å². The zero-order valence-electron chi connectivity index (χ0n) is 32.8. The first-order valence-electron chi connectivity index (χ1n) is 18.5. The number of benzene rings is 5. The number of furan rings is 1. The predicted molar refractivity (Wildman–Crippen MR) is 195 cm³/mol. The van der Waals surface area contributed by atoms with Crippen LogP contribution < -0.4 is 0 Å². The Morgan fingerprint density at radius 1 is 0.667 bits per heavy atom. The Kier molecular flexibility index (Phi) is 7.44. The van der Waals surface area contributed by atoms with Crippen molar-refractivity contribution in [2.45, 2.75) is 39.9 Å². The molecule has 0 saturated carbocycles. The summed E-state index contributed by atoms with van der Waals surface area (Å²) in [6.45, 7) is 2.34. The van der Waals surface area contributed by atoms with Crippen LogP contribution in [-0.2, 0) is 25.5 Å². The predicted octanol–water partition coefficient (Wildman–Crippen LogP) is 11.7. The fourth-order valence-electron chi connectivity index (χ4n) is 5.80. The first-order chi connectivity index (χ1) is 25.2. The second-order valence-corrected chi connectivity index (χ2v) is 12.5. The SMILES string of the molecule is CC(C)(C)c1ccnc(-c2[c-]ccc(-c3cccc4c3ccc3oc5ccccc5c34)c2)c1.[2H]C([2H])([2H])c1c[c-]c(-c2ccc(C([2H])([2H])[2H])cn2)cc1.[Ir]. The van der Waals surface area contributed by atoms with E-state index < -0.39 is 13.7 Å². The maximum atomic E-state index is 7.28. The van der Waals surface area contributed by atoms with Crippen molar-refractivity contribution in [3.63, 3.8) is 0 Å². The second kappa shape index (κ2) is 13.7. The van der Waals surface area contributed by atoms with Crippen molar-refractivity contribution < 1.29 is 32.7 Å². The molecule has 4 heteroatoms. The summed E-state index contributed by atoms with van der Waals surface area (Å²) >= 11 is 0. The number of nitrogens with zero attached hydrogens (tertiary/aromatic N) is 2. The van der Waals surface area contributed by atoms with Gasteiger partial charge in [0.25, 0.3) is 0 Å². The smallest absolute Gasteiger partial charge is 0.136 e. The van der Waals surface area contributed by atoms with Crippen LogP contribution in [0.5, 0.6) is 0 Å². The van der Waals surface area contributed by atoms with E-state index in [1.807, 2.05) is 24.4 Å². The van der Waals surface area contributed by atoms with Gasteiger partial charge in [0, 0.05) is 51.5 Å². The van der Waals surface area contributed by atoms with Crippen molar-refractivity contribution in [1.29, 1.82) is 0 Å². The normalized spacial score (nSPS) is 13.6. The van der Waals surface area contributed by atoms with E-state index in [9.17, 15) is 0 Å². The Morgan fingerprint density at radius 2 is 1.50 bits per heavy atom. The summed E-state index contributed by atoms with van der Waals surface area (Å²) in [6, 6.07) is 43.5. The molecule has 0 aliphatic carbocycles. The monoisotopic (exact) mass is 807 g/mol. The third-order valence-corrected chi connectivity index (χ3v) is 8.27. The van der Waals surface area contributed by atoms with Crippen molar-refractivity contribution in [3.8, 4) is 33.6 Å². The van der Waals surface area contributed by atoms with Crippen LogP contribution in [0.15, 0.2) is 132 Å². The van der Waals surface area contributed by atoms with Gasteiger partial charge >= 0.3 is 0 Å². The van der Waals surface area contributed by atoms with E-state index in [0.717, 1.165) is 33.4 Å². The fourth-order valence-corrected chi connectivity index (χ4v) is 5.80. The molecule has 0 aliphatic heterocycles. The van der Waals surface area contributed by atoms with Gasteiger partial charge in [-0.15, -0.1) is 70.8 Å². The average Bonchev–Trinajstić information content (AvgIpc) is 3.53. The third kappa shape index (κ3) is 6.73. The molecule has 0 bridgehead atoms. The molecule has 48 heavy (non-hydrogen) atoms. The van der Waals surface area contributed by atoms with E-state index >= 15 is 0 Å². The average molecular weight is 807 g/mol. The number of hydrogen-bond acceptors (Lipinski definition) is 3. The van der Waals surface area contributed by atoms with Crippen molar-refractivity contribution in [2.24, 2.45) is 0 Å². The van der Waals surface area contributed by atoms with Gasteiger partial charge in [0.1, 0.15) is 11.2 Å². The Morgan fingerprint density at radius 3 is 2.27 bits per heavy atom. The van der Waals surface area contributed by atoms with E-state index in [1.165, 1.54) is 51.7 Å². The molecule has 5 aromatic carbocycles. The molecular weight excluding hydrogens is 765 g/mol. The van der Waals surface area contributed by atoms with Gasteiger partial charge in [0.15, 0.2) is 0 Å². The molecule has 0 aliphatic rings.